The molecular weight excluding hydrogens is 401 g/mol. The Kier molecular flexibility index (Phi) is 5.35. The lowest BCUT2D eigenvalue weighted by Crippen LogP contribution is -2.51. The van der Waals surface area contributed by atoms with E-state index in [1.807, 2.05) is 0 Å². The van der Waals surface area contributed by atoms with Gasteiger partial charge in [0.05, 0.1) is 5.69 Å². The van der Waals surface area contributed by atoms with Crippen LogP contribution in [0.3, 0.4) is 0 Å². The Morgan fingerprint density at radius 2 is 1.75 bits per heavy atom. The second-order valence-electron chi connectivity index (χ2n) is 6.20. The molecular formula is C16H17F3N4O4S. The molecule has 0 aliphatic carbocycles. The molecule has 1 aromatic heterocycles. The molecule has 0 radical (unpaired) electrons. The first kappa shape index (κ1) is 20.1. The third-order valence-corrected chi connectivity index (χ3v) is 6.51. The van der Waals surface area contributed by atoms with Crippen LogP contribution in [0, 0.1) is 31.3 Å². The summed E-state index contributed by atoms with van der Waals surface area (Å²) in [4.78, 5) is 13.5. The van der Waals surface area contributed by atoms with E-state index in [0.29, 0.717) is 6.07 Å². The summed E-state index contributed by atoms with van der Waals surface area (Å²) >= 11 is 0. The van der Waals surface area contributed by atoms with E-state index in [4.69, 9.17) is 4.52 Å². The zero-order valence-electron chi connectivity index (χ0n) is 15.0. The fourth-order valence-electron chi connectivity index (χ4n) is 2.92. The molecule has 0 bridgehead atoms. The van der Waals surface area contributed by atoms with Gasteiger partial charge in [-0.2, -0.15) is 4.31 Å². The number of nitrogens with zero attached hydrogens (tertiary/aromatic N) is 3. The van der Waals surface area contributed by atoms with Crippen LogP contribution in [0.15, 0.2) is 21.6 Å². The Morgan fingerprint density at radius 1 is 1.11 bits per heavy atom. The van der Waals surface area contributed by atoms with Gasteiger partial charge < -0.3 is 14.7 Å². The normalized spacial score (nSPS) is 15.7. The minimum absolute atomic E-state index is 0.0000738. The molecule has 2 aromatic rings. The van der Waals surface area contributed by atoms with Crippen molar-refractivity contribution in [3.63, 3.8) is 0 Å². The summed E-state index contributed by atoms with van der Waals surface area (Å²) < 4.78 is 71.5. The van der Waals surface area contributed by atoms with Crippen molar-refractivity contribution < 1.29 is 30.9 Å². The number of anilines is 1. The number of carbonyl (C=O) groups excluding carboxylic acids is 1. The van der Waals surface area contributed by atoms with Gasteiger partial charge in [-0.1, -0.05) is 5.16 Å². The summed E-state index contributed by atoms with van der Waals surface area (Å²) in [5.74, 6) is -4.39. The van der Waals surface area contributed by atoms with E-state index in [2.05, 4.69) is 10.5 Å². The lowest BCUT2D eigenvalue weighted by Gasteiger charge is -2.33. The summed E-state index contributed by atoms with van der Waals surface area (Å²) in [5, 5.41) is 5.80. The number of aromatic nitrogens is 1. The van der Waals surface area contributed by atoms with Crippen LogP contribution in [0.25, 0.3) is 0 Å². The van der Waals surface area contributed by atoms with E-state index >= 15 is 0 Å². The van der Waals surface area contributed by atoms with Crippen LogP contribution in [0.5, 0.6) is 0 Å². The van der Waals surface area contributed by atoms with Crippen molar-refractivity contribution in [2.24, 2.45) is 0 Å². The van der Waals surface area contributed by atoms with E-state index in [0.717, 1.165) is 6.07 Å². The fraction of sp³-hybridized carbons (Fsp3) is 0.375. The molecule has 0 atom stereocenters. The SMILES string of the molecule is Cc1noc(C)c1S(=O)(=O)N1CCN(C(=O)Nc2ccc(F)c(F)c2F)CC1. The molecule has 0 spiro atoms. The van der Waals surface area contributed by atoms with E-state index in [9.17, 15) is 26.4 Å². The first-order chi connectivity index (χ1) is 13.1. The van der Waals surface area contributed by atoms with Crippen LogP contribution in [0.4, 0.5) is 23.7 Å². The molecule has 0 unspecified atom stereocenters. The number of piperazine rings is 1. The number of urea groups is 1. The predicted octanol–water partition coefficient (Wildman–Crippen LogP) is 2.25. The zero-order valence-corrected chi connectivity index (χ0v) is 15.8. The van der Waals surface area contributed by atoms with Crippen molar-refractivity contribution in [3.8, 4) is 0 Å². The van der Waals surface area contributed by atoms with Gasteiger partial charge in [-0.25, -0.2) is 26.4 Å². The van der Waals surface area contributed by atoms with Crippen LogP contribution in [0.2, 0.25) is 0 Å². The molecule has 1 aromatic carbocycles. The van der Waals surface area contributed by atoms with Crippen molar-refractivity contribution in [1.29, 1.82) is 0 Å². The fourth-order valence-corrected chi connectivity index (χ4v) is 4.63. The minimum atomic E-state index is -3.84. The highest BCUT2D eigenvalue weighted by Gasteiger charge is 2.34. The Bertz CT molecular complexity index is 998. The number of carbonyl (C=O) groups is 1. The maximum atomic E-state index is 13.7. The van der Waals surface area contributed by atoms with Crippen LogP contribution in [-0.2, 0) is 10.0 Å². The summed E-state index contributed by atoms with van der Waals surface area (Å²) in [6.07, 6.45) is 0. The van der Waals surface area contributed by atoms with Crippen molar-refractivity contribution >= 4 is 21.7 Å². The number of nitrogens with one attached hydrogen (secondary N) is 1. The van der Waals surface area contributed by atoms with Gasteiger partial charge in [0.1, 0.15) is 10.6 Å². The molecule has 2 heterocycles. The monoisotopic (exact) mass is 418 g/mol. The van der Waals surface area contributed by atoms with Gasteiger partial charge in [0.2, 0.25) is 10.0 Å². The molecule has 152 valence electrons. The van der Waals surface area contributed by atoms with E-state index in [1.54, 1.807) is 0 Å². The summed E-state index contributed by atoms with van der Waals surface area (Å²) in [5.41, 5.74) is -0.263. The molecule has 8 nitrogen and oxygen atoms in total. The number of amides is 2. The highest BCUT2D eigenvalue weighted by Crippen LogP contribution is 2.25. The Morgan fingerprint density at radius 3 is 2.32 bits per heavy atom. The highest BCUT2D eigenvalue weighted by molar-refractivity contribution is 7.89. The molecule has 1 saturated heterocycles. The molecule has 1 N–H and O–H groups in total. The Labute approximate surface area is 158 Å². The third-order valence-electron chi connectivity index (χ3n) is 4.37. The van der Waals surface area contributed by atoms with Gasteiger partial charge in [0, 0.05) is 26.2 Å². The van der Waals surface area contributed by atoms with Crippen LogP contribution >= 0.6 is 0 Å². The predicted molar refractivity (Wildman–Crippen MR) is 91.6 cm³/mol. The molecule has 1 fully saturated rings. The first-order valence-electron chi connectivity index (χ1n) is 8.25. The maximum absolute atomic E-state index is 13.7. The van der Waals surface area contributed by atoms with E-state index in [1.165, 1.54) is 23.1 Å². The summed E-state index contributed by atoms with van der Waals surface area (Å²) in [6, 6.07) is 0.852. The molecule has 1 aliphatic rings. The number of sulfonamides is 1. The number of hydrogen-bond acceptors (Lipinski definition) is 5. The maximum Gasteiger partial charge on any atom is 0.322 e. The average molecular weight is 418 g/mol. The number of rotatable bonds is 3. The van der Waals surface area contributed by atoms with Crippen LogP contribution < -0.4 is 5.32 Å². The summed E-state index contributed by atoms with van der Waals surface area (Å²) in [7, 11) is -3.84. The topological polar surface area (TPSA) is 95.8 Å². The second-order valence-corrected chi connectivity index (χ2v) is 8.07. The van der Waals surface area contributed by atoms with Crippen LogP contribution in [0.1, 0.15) is 11.5 Å². The van der Waals surface area contributed by atoms with Crippen molar-refractivity contribution in [2.75, 3.05) is 31.5 Å². The molecule has 1 aliphatic heterocycles. The number of hydrogen-bond donors (Lipinski definition) is 1. The van der Waals surface area contributed by atoms with Crippen molar-refractivity contribution in [2.45, 2.75) is 18.7 Å². The molecule has 2 amide bonds. The smallest absolute Gasteiger partial charge is 0.322 e. The summed E-state index contributed by atoms with van der Waals surface area (Å²) in [6.45, 7) is 3.07. The van der Waals surface area contributed by atoms with Crippen molar-refractivity contribution in [3.05, 3.63) is 41.0 Å². The van der Waals surface area contributed by atoms with Gasteiger partial charge in [0.15, 0.2) is 23.2 Å². The Balaban J connectivity index is 1.67. The van der Waals surface area contributed by atoms with Gasteiger partial charge in [0.25, 0.3) is 0 Å². The standard InChI is InChI=1S/C16H17F3N4O4S/c1-9-15(10(2)27-21-9)28(25,26)23-7-5-22(6-8-23)16(24)20-12-4-3-11(17)13(18)14(12)19/h3-4H,5-8H2,1-2H3,(H,20,24). The lowest BCUT2D eigenvalue weighted by atomic mass is 10.3. The van der Waals surface area contributed by atoms with Gasteiger partial charge >= 0.3 is 6.03 Å². The lowest BCUT2D eigenvalue weighted by molar-refractivity contribution is 0.184. The number of halogens is 3. The quantitative estimate of drug-likeness (QED) is 0.772. The van der Waals surface area contributed by atoms with E-state index < -0.39 is 39.2 Å². The molecule has 3 rings (SSSR count). The Hall–Kier alpha value is -2.60. The molecule has 28 heavy (non-hydrogen) atoms. The first-order valence-corrected chi connectivity index (χ1v) is 9.69. The third kappa shape index (κ3) is 3.56. The van der Waals surface area contributed by atoms with E-state index in [-0.39, 0.29) is 42.5 Å². The zero-order chi connectivity index (χ0) is 20.6. The molecule has 12 heteroatoms. The van der Waals surface area contributed by atoms with Crippen LogP contribution in [-0.4, -0.2) is 55.0 Å². The number of aryl methyl sites for hydroxylation is 2. The molecule has 0 saturated carbocycles. The second kappa shape index (κ2) is 7.43. The van der Waals surface area contributed by atoms with Gasteiger partial charge in [-0.15, -0.1) is 0 Å². The largest absolute Gasteiger partial charge is 0.360 e. The van der Waals surface area contributed by atoms with Gasteiger partial charge in [-0.3, -0.25) is 0 Å². The average Bonchev–Trinajstić information content (AvgIpc) is 3.01. The highest BCUT2D eigenvalue weighted by atomic mass is 32.2. The minimum Gasteiger partial charge on any atom is -0.360 e. The van der Waals surface area contributed by atoms with Crippen molar-refractivity contribution in [1.82, 2.24) is 14.4 Å². The number of benzene rings is 1. The van der Waals surface area contributed by atoms with Gasteiger partial charge in [-0.05, 0) is 26.0 Å².